The summed E-state index contributed by atoms with van der Waals surface area (Å²) in [5.74, 6) is 1.05. The maximum Gasteiger partial charge on any atom is 0.341 e. The van der Waals surface area contributed by atoms with Crippen LogP contribution in [-0.4, -0.2) is 24.6 Å². The number of rotatable bonds is 6. The number of carbonyl (C=O) groups is 1. The van der Waals surface area contributed by atoms with E-state index in [0.717, 1.165) is 18.9 Å². The number of nitrogens with one attached hydrogen (secondary N) is 1. The molecule has 1 heterocycles. The van der Waals surface area contributed by atoms with Gasteiger partial charge in [-0.2, -0.15) is 0 Å². The quantitative estimate of drug-likeness (QED) is 0.596. The average Bonchev–Trinajstić information content (AvgIpc) is 3.19. The maximum atomic E-state index is 11.6. The van der Waals surface area contributed by atoms with Gasteiger partial charge in [-0.25, -0.2) is 9.78 Å². The highest BCUT2D eigenvalue weighted by atomic mass is 16.5. The minimum Gasteiger partial charge on any atom is -0.465 e. The van der Waals surface area contributed by atoms with E-state index in [0.29, 0.717) is 17.1 Å². The monoisotopic (exact) mass is 249 g/mol. The molecule has 98 valence electrons. The van der Waals surface area contributed by atoms with Gasteiger partial charge in [-0.15, -0.1) is 0 Å². The fourth-order valence-electron chi connectivity index (χ4n) is 1.89. The van der Waals surface area contributed by atoms with Crippen molar-refractivity contribution in [2.24, 2.45) is 5.92 Å². The summed E-state index contributed by atoms with van der Waals surface area (Å²) in [6.07, 6.45) is 6.61. The van der Waals surface area contributed by atoms with Gasteiger partial charge in [0, 0.05) is 6.54 Å². The van der Waals surface area contributed by atoms with E-state index in [2.05, 4.69) is 10.3 Å². The summed E-state index contributed by atoms with van der Waals surface area (Å²) in [4.78, 5) is 15.7. The van der Waals surface area contributed by atoms with Crippen LogP contribution in [0.15, 0.2) is 12.3 Å². The molecule has 0 spiro atoms. The first-order valence-corrected chi connectivity index (χ1v) is 6.28. The van der Waals surface area contributed by atoms with Gasteiger partial charge in [0.1, 0.15) is 11.4 Å². The number of carbonyl (C=O) groups excluding carboxylic acids is 1. The molecule has 0 bridgehead atoms. The van der Waals surface area contributed by atoms with Crippen LogP contribution >= 0.6 is 0 Å². The second kappa shape index (κ2) is 5.71. The summed E-state index contributed by atoms with van der Waals surface area (Å²) in [5, 5.41) is 3.17. The van der Waals surface area contributed by atoms with Gasteiger partial charge in [-0.1, -0.05) is 12.8 Å². The molecule has 1 saturated carbocycles. The van der Waals surface area contributed by atoms with Gasteiger partial charge in [-0.3, -0.25) is 0 Å². The van der Waals surface area contributed by atoms with Crippen LogP contribution in [-0.2, 0) is 4.74 Å². The predicted molar refractivity (Wildman–Crippen MR) is 70.4 cm³/mol. The summed E-state index contributed by atoms with van der Waals surface area (Å²) in [6, 6.07) is 1.59. The molecule has 0 aliphatic heterocycles. The lowest BCUT2D eigenvalue weighted by molar-refractivity contribution is 0.0601. The molecule has 5 nitrogen and oxygen atoms in total. The first-order valence-electron chi connectivity index (χ1n) is 6.28. The molecule has 3 N–H and O–H groups in total. The normalized spacial score (nSPS) is 14.3. The molecule has 1 aliphatic carbocycles. The number of ether oxygens (including phenoxy) is 1. The Labute approximate surface area is 107 Å². The van der Waals surface area contributed by atoms with E-state index >= 15 is 0 Å². The van der Waals surface area contributed by atoms with Gasteiger partial charge in [0.05, 0.1) is 19.0 Å². The summed E-state index contributed by atoms with van der Waals surface area (Å²) in [6.45, 7) is 0.817. The summed E-state index contributed by atoms with van der Waals surface area (Å²) in [7, 11) is 1.35. The Morgan fingerprint density at radius 2 is 2.39 bits per heavy atom. The van der Waals surface area contributed by atoms with Crippen LogP contribution in [0.2, 0.25) is 0 Å². The van der Waals surface area contributed by atoms with E-state index < -0.39 is 5.97 Å². The Kier molecular flexibility index (Phi) is 4.02. The molecule has 1 aliphatic rings. The number of hydrogen-bond acceptors (Lipinski definition) is 5. The molecule has 5 heteroatoms. The minimum absolute atomic E-state index is 0.393. The number of nitrogens with two attached hydrogens (primary N) is 1. The van der Waals surface area contributed by atoms with Crippen molar-refractivity contribution in [2.45, 2.75) is 25.7 Å². The number of anilines is 2. The topological polar surface area (TPSA) is 77.2 Å². The Morgan fingerprint density at radius 3 is 3.06 bits per heavy atom. The SMILES string of the molecule is COC(=O)c1cc(N)cnc1NCCCC1CC1. The zero-order chi connectivity index (χ0) is 13.0. The van der Waals surface area contributed by atoms with Crippen molar-refractivity contribution in [2.75, 3.05) is 24.7 Å². The summed E-state index contributed by atoms with van der Waals surface area (Å²) < 4.78 is 4.71. The maximum absolute atomic E-state index is 11.6. The fourth-order valence-corrected chi connectivity index (χ4v) is 1.89. The van der Waals surface area contributed by atoms with Crippen LogP contribution in [0.25, 0.3) is 0 Å². The minimum atomic E-state index is -0.417. The lowest BCUT2D eigenvalue weighted by Crippen LogP contribution is -2.11. The molecular formula is C13H19N3O2. The third kappa shape index (κ3) is 3.35. The number of pyridine rings is 1. The van der Waals surface area contributed by atoms with Crippen molar-refractivity contribution in [1.29, 1.82) is 0 Å². The highest BCUT2D eigenvalue weighted by molar-refractivity contribution is 5.95. The van der Waals surface area contributed by atoms with Gasteiger partial charge in [0.15, 0.2) is 0 Å². The van der Waals surface area contributed by atoms with Gasteiger partial charge in [0.2, 0.25) is 0 Å². The van der Waals surface area contributed by atoms with Crippen molar-refractivity contribution >= 4 is 17.5 Å². The zero-order valence-electron chi connectivity index (χ0n) is 10.6. The van der Waals surface area contributed by atoms with E-state index in [1.54, 1.807) is 6.07 Å². The Morgan fingerprint density at radius 1 is 1.61 bits per heavy atom. The standard InChI is InChI=1S/C13H19N3O2/c1-18-13(17)11-7-10(14)8-16-12(11)15-6-2-3-9-4-5-9/h7-9H,2-6,14H2,1H3,(H,15,16). The van der Waals surface area contributed by atoms with Gasteiger partial charge in [0.25, 0.3) is 0 Å². The van der Waals surface area contributed by atoms with Crippen LogP contribution < -0.4 is 11.1 Å². The van der Waals surface area contributed by atoms with Gasteiger partial charge < -0.3 is 15.8 Å². The lowest BCUT2D eigenvalue weighted by atomic mass is 10.2. The molecule has 18 heavy (non-hydrogen) atoms. The number of hydrogen-bond donors (Lipinski definition) is 2. The third-order valence-electron chi connectivity index (χ3n) is 3.09. The van der Waals surface area contributed by atoms with Crippen LogP contribution in [0.5, 0.6) is 0 Å². The third-order valence-corrected chi connectivity index (χ3v) is 3.09. The van der Waals surface area contributed by atoms with E-state index in [4.69, 9.17) is 10.5 Å². The van der Waals surface area contributed by atoms with E-state index in [9.17, 15) is 4.79 Å². The highest BCUT2D eigenvalue weighted by Gasteiger charge is 2.20. The largest absolute Gasteiger partial charge is 0.465 e. The second-order valence-corrected chi connectivity index (χ2v) is 4.67. The molecule has 1 aromatic heterocycles. The molecule has 0 unspecified atom stereocenters. The number of nitrogen functional groups attached to an aromatic ring is 1. The van der Waals surface area contributed by atoms with Crippen LogP contribution in [0.4, 0.5) is 11.5 Å². The first kappa shape index (κ1) is 12.7. The molecule has 2 rings (SSSR count). The second-order valence-electron chi connectivity index (χ2n) is 4.67. The number of methoxy groups -OCH3 is 1. The molecule has 0 saturated heterocycles. The first-order chi connectivity index (χ1) is 8.70. The lowest BCUT2D eigenvalue weighted by Gasteiger charge is -2.10. The highest BCUT2D eigenvalue weighted by Crippen LogP contribution is 2.33. The molecule has 1 fully saturated rings. The molecule has 1 aromatic rings. The van der Waals surface area contributed by atoms with Crippen LogP contribution in [0.1, 0.15) is 36.0 Å². The Hall–Kier alpha value is -1.78. The summed E-state index contributed by atoms with van der Waals surface area (Å²) >= 11 is 0. The number of aromatic nitrogens is 1. The smallest absolute Gasteiger partial charge is 0.341 e. The zero-order valence-corrected chi connectivity index (χ0v) is 10.6. The molecular weight excluding hydrogens is 230 g/mol. The Bertz CT molecular complexity index is 430. The number of esters is 1. The van der Waals surface area contributed by atoms with Crippen LogP contribution in [0.3, 0.4) is 0 Å². The van der Waals surface area contributed by atoms with E-state index in [1.165, 1.54) is 32.6 Å². The number of nitrogens with zero attached hydrogens (tertiary/aromatic N) is 1. The van der Waals surface area contributed by atoms with E-state index in [1.807, 2.05) is 0 Å². The molecule has 0 atom stereocenters. The molecule has 0 amide bonds. The molecule has 0 radical (unpaired) electrons. The average molecular weight is 249 g/mol. The van der Waals surface area contributed by atoms with Crippen molar-refractivity contribution in [3.05, 3.63) is 17.8 Å². The summed E-state index contributed by atoms with van der Waals surface area (Å²) in [5.41, 5.74) is 6.47. The Balaban J connectivity index is 1.94. The predicted octanol–water partition coefficient (Wildman–Crippen LogP) is 2.05. The van der Waals surface area contributed by atoms with Crippen molar-refractivity contribution in [3.63, 3.8) is 0 Å². The van der Waals surface area contributed by atoms with Crippen LogP contribution in [0, 0.1) is 5.92 Å². The van der Waals surface area contributed by atoms with Gasteiger partial charge in [-0.05, 0) is 24.8 Å². The van der Waals surface area contributed by atoms with Crippen molar-refractivity contribution in [3.8, 4) is 0 Å². The van der Waals surface area contributed by atoms with Crippen molar-refractivity contribution < 1.29 is 9.53 Å². The van der Waals surface area contributed by atoms with Gasteiger partial charge >= 0.3 is 5.97 Å². The molecule has 0 aromatic carbocycles. The van der Waals surface area contributed by atoms with E-state index in [-0.39, 0.29) is 0 Å². The fraction of sp³-hybridized carbons (Fsp3) is 0.538. The van der Waals surface area contributed by atoms with Crippen molar-refractivity contribution in [1.82, 2.24) is 4.98 Å².